The van der Waals surface area contributed by atoms with Crippen molar-refractivity contribution in [3.63, 3.8) is 0 Å². The highest BCUT2D eigenvalue weighted by molar-refractivity contribution is 6.33. The van der Waals surface area contributed by atoms with Gasteiger partial charge in [0.05, 0.1) is 17.7 Å². The van der Waals surface area contributed by atoms with Crippen molar-refractivity contribution in [3.05, 3.63) is 22.2 Å². The second kappa shape index (κ2) is 4.69. The maximum atomic E-state index is 10.9. The summed E-state index contributed by atoms with van der Waals surface area (Å²) in [4.78, 5) is 15.6. The minimum Gasteiger partial charge on any atom is -0.453 e. The van der Waals surface area contributed by atoms with Crippen molar-refractivity contribution < 1.29 is 19.1 Å². The van der Waals surface area contributed by atoms with Crippen LogP contribution in [0.25, 0.3) is 0 Å². The number of halogens is 1. The molecule has 0 saturated carbocycles. The summed E-state index contributed by atoms with van der Waals surface area (Å²) in [7, 11) is 1.51. The number of fused-ring (bicyclic) bond motifs is 1. The molecule has 5 nitrogen and oxygen atoms in total. The molecular formula is C10H10ClNO4. The van der Waals surface area contributed by atoms with Crippen LogP contribution in [0.1, 0.15) is 15.9 Å². The molecule has 0 radical (unpaired) electrons. The van der Waals surface area contributed by atoms with Crippen molar-refractivity contribution in [1.82, 2.24) is 5.48 Å². The number of carbonyl (C=O) groups excluding carboxylic acids is 1. The number of carbonyl (C=O) groups is 1. The summed E-state index contributed by atoms with van der Waals surface area (Å²) >= 11 is 5.96. The Balaban J connectivity index is 2.44. The zero-order valence-electron chi connectivity index (χ0n) is 8.58. The molecule has 1 aliphatic rings. The first-order chi connectivity index (χ1) is 7.77. The van der Waals surface area contributed by atoms with Gasteiger partial charge in [-0.1, -0.05) is 11.6 Å². The second-order valence-corrected chi connectivity index (χ2v) is 3.55. The summed E-state index contributed by atoms with van der Waals surface area (Å²) in [5.41, 5.74) is 3.77. The van der Waals surface area contributed by atoms with Gasteiger partial charge in [0.1, 0.15) is 0 Å². The van der Waals surface area contributed by atoms with Crippen molar-refractivity contribution in [2.24, 2.45) is 0 Å². The minimum absolute atomic E-state index is 0.0937. The van der Waals surface area contributed by atoms with Crippen LogP contribution >= 0.6 is 11.6 Å². The van der Waals surface area contributed by atoms with Crippen molar-refractivity contribution in [2.75, 3.05) is 13.9 Å². The van der Waals surface area contributed by atoms with Crippen LogP contribution in [0, 0.1) is 0 Å². The van der Waals surface area contributed by atoms with Crippen molar-refractivity contribution >= 4 is 17.9 Å². The third kappa shape index (κ3) is 1.84. The first kappa shape index (κ1) is 11.2. The standard InChI is InChI=1S/C10H10ClNO4/c1-14-12-3-6-2-8(11)7(4-13)10-9(6)15-5-16-10/h2,4,12H,3,5H2,1H3. The molecule has 0 aromatic heterocycles. The van der Waals surface area contributed by atoms with Crippen molar-refractivity contribution in [3.8, 4) is 11.5 Å². The average Bonchev–Trinajstić information content (AvgIpc) is 2.75. The second-order valence-electron chi connectivity index (χ2n) is 3.14. The third-order valence-corrected chi connectivity index (χ3v) is 2.54. The molecule has 0 saturated heterocycles. The Morgan fingerprint density at radius 2 is 2.31 bits per heavy atom. The lowest BCUT2D eigenvalue weighted by Crippen LogP contribution is -2.11. The number of hydrogen-bond donors (Lipinski definition) is 1. The predicted molar refractivity (Wildman–Crippen MR) is 56.8 cm³/mol. The topological polar surface area (TPSA) is 56.8 Å². The minimum atomic E-state index is 0.0937. The molecule has 1 heterocycles. The molecule has 2 rings (SSSR count). The van der Waals surface area contributed by atoms with Crippen LogP contribution in [0.3, 0.4) is 0 Å². The van der Waals surface area contributed by atoms with Crippen molar-refractivity contribution in [1.29, 1.82) is 0 Å². The van der Waals surface area contributed by atoms with Gasteiger partial charge in [-0.3, -0.25) is 4.79 Å². The molecule has 0 fully saturated rings. The summed E-state index contributed by atoms with van der Waals surface area (Å²) in [6.45, 7) is 0.511. The summed E-state index contributed by atoms with van der Waals surface area (Å²) in [5.74, 6) is 0.937. The van der Waals surface area contributed by atoms with E-state index in [2.05, 4.69) is 5.48 Å². The highest BCUT2D eigenvalue weighted by Gasteiger charge is 2.24. The Hall–Kier alpha value is -1.30. The Morgan fingerprint density at radius 3 is 3.00 bits per heavy atom. The molecule has 1 aliphatic heterocycles. The molecule has 86 valence electrons. The number of rotatable bonds is 4. The summed E-state index contributed by atoms with van der Waals surface area (Å²) < 4.78 is 10.5. The average molecular weight is 244 g/mol. The molecule has 0 unspecified atom stereocenters. The number of nitrogens with one attached hydrogen (secondary N) is 1. The van der Waals surface area contributed by atoms with Gasteiger partial charge in [-0.15, -0.1) is 0 Å². The monoisotopic (exact) mass is 243 g/mol. The van der Waals surface area contributed by atoms with Gasteiger partial charge >= 0.3 is 0 Å². The zero-order chi connectivity index (χ0) is 11.5. The first-order valence-electron chi connectivity index (χ1n) is 4.60. The largest absolute Gasteiger partial charge is 0.453 e. The van der Waals surface area contributed by atoms with Gasteiger partial charge < -0.3 is 14.3 Å². The van der Waals surface area contributed by atoms with Crippen LogP contribution in [0.4, 0.5) is 0 Å². The van der Waals surface area contributed by atoms with Gasteiger partial charge in [0, 0.05) is 12.1 Å². The Morgan fingerprint density at radius 1 is 1.56 bits per heavy atom. The molecule has 0 aliphatic carbocycles. The number of ether oxygens (including phenoxy) is 2. The van der Waals surface area contributed by atoms with Gasteiger partial charge in [0.25, 0.3) is 0 Å². The van der Waals surface area contributed by atoms with Crippen LogP contribution in [-0.4, -0.2) is 20.2 Å². The van der Waals surface area contributed by atoms with E-state index in [1.165, 1.54) is 7.11 Å². The predicted octanol–water partition coefficient (Wildman–Crippen LogP) is 1.53. The number of benzene rings is 1. The molecule has 16 heavy (non-hydrogen) atoms. The number of hydrogen-bond acceptors (Lipinski definition) is 5. The van der Waals surface area contributed by atoms with E-state index in [9.17, 15) is 4.79 Å². The van der Waals surface area contributed by atoms with E-state index in [0.29, 0.717) is 34.9 Å². The maximum Gasteiger partial charge on any atom is 0.231 e. The fourth-order valence-corrected chi connectivity index (χ4v) is 1.77. The molecule has 0 amide bonds. The maximum absolute atomic E-state index is 10.9. The van der Waals surface area contributed by atoms with E-state index >= 15 is 0 Å². The fourth-order valence-electron chi connectivity index (χ4n) is 1.51. The smallest absolute Gasteiger partial charge is 0.231 e. The molecule has 1 aromatic carbocycles. The van der Waals surface area contributed by atoms with Crippen molar-refractivity contribution in [2.45, 2.75) is 6.54 Å². The van der Waals surface area contributed by atoms with E-state index in [4.69, 9.17) is 25.9 Å². The zero-order valence-corrected chi connectivity index (χ0v) is 9.34. The third-order valence-electron chi connectivity index (χ3n) is 2.23. The lowest BCUT2D eigenvalue weighted by molar-refractivity contribution is 0.0858. The van der Waals surface area contributed by atoms with Gasteiger partial charge in [0.15, 0.2) is 17.8 Å². The molecule has 6 heteroatoms. The Kier molecular flexibility index (Phi) is 3.28. The van der Waals surface area contributed by atoms with Crippen LogP contribution in [-0.2, 0) is 11.4 Å². The Labute approximate surface area is 97.2 Å². The number of hydroxylamine groups is 1. The van der Waals surface area contributed by atoms with Crippen LogP contribution in [0.15, 0.2) is 6.07 Å². The highest BCUT2D eigenvalue weighted by Crippen LogP contribution is 2.41. The van der Waals surface area contributed by atoms with E-state index in [0.717, 1.165) is 5.56 Å². The lowest BCUT2D eigenvalue weighted by Gasteiger charge is -2.08. The van der Waals surface area contributed by atoms with E-state index in [1.807, 2.05) is 0 Å². The molecule has 0 spiro atoms. The normalized spacial score (nSPS) is 12.9. The Bertz CT molecular complexity index is 422. The molecule has 0 bridgehead atoms. The SMILES string of the molecule is CONCc1cc(Cl)c(C=O)c2c1OCO2. The molecular weight excluding hydrogens is 234 g/mol. The molecule has 1 N–H and O–H groups in total. The highest BCUT2D eigenvalue weighted by atomic mass is 35.5. The summed E-state index contributed by atoms with van der Waals surface area (Å²) in [5, 5.41) is 0.340. The fraction of sp³-hybridized carbons (Fsp3) is 0.300. The van der Waals surface area contributed by atoms with E-state index in [1.54, 1.807) is 6.07 Å². The van der Waals surface area contributed by atoms with Crippen LogP contribution in [0.2, 0.25) is 5.02 Å². The van der Waals surface area contributed by atoms with E-state index in [-0.39, 0.29) is 6.79 Å². The van der Waals surface area contributed by atoms with Crippen LogP contribution in [0.5, 0.6) is 11.5 Å². The first-order valence-corrected chi connectivity index (χ1v) is 4.97. The number of aldehydes is 1. The summed E-state index contributed by atoms with van der Waals surface area (Å²) in [6.07, 6.45) is 0.656. The van der Waals surface area contributed by atoms with Gasteiger partial charge in [-0.2, -0.15) is 5.48 Å². The van der Waals surface area contributed by atoms with Gasteiger partial charge in [0.2, 0.25) is 6.79 Å². The van der Waals surface area contributed by atoms with Gasteiger partial charge in [-0.05, 0) is 6.07 Å². The molecule has 1 aromatic rings. The van der Waals surface area contributed by atoms with Crippen LogP contribution < -0.4 is 15.0 Å². The lowest BCUT2D eigenvalue weighted by atomic mass is 10.1. The molecule has 0 atom stereocenters. The quantitative estimate of drug-likeness (QED) is 0.642. The van der Waals surface area contributed by atoms with E-state index < -0.39 is 0 Å². The van der Waals surface area contributed by atoms with Gasteiger partial charge in [-0.25, -0.2) is 0 Å². The summed E-state index contributed by atoms with van der Waals surface area (Å²) in [6, 6.07) is 1.66.